The zero-order valence-electron chi connectivity index (χ0n) is 13.0. The Labute approximate surface area is 136 Å². The summed E-state index contributed by atoms with van der Waals surface area (Å²) in [5.41, 5.74) is 0.278. The summed E-state index contributed by atoms with van der Waals surface area (Å²) in [5.74, 6) is -0.891. The number of nitrogens with zero attached hydrogens (tertiary/aromatic N) is 4. The Bertz CT molecular complexity index is 801. The lowest BCUT2D eigenvalue weighted by Gasteiger charge is -2.14. The lowest BCUT2D eigenvalue weighted by molar-refractivity contribution is -0.389. The highest BCUT2D eigenvalue weighted by Crippen LogP contribution is 2.26. The third kappa shape index (κ3) is 3.37. The van der Waals surface area contributed by atoms with Gasteiger partial charge in [0.15, 0.2) is 6.04 Å². The van der Waals surface area contributed by atoms with Gasteiger partial charge >= 0.3 is 5.82 Å². The molecule has 1 amide bonds. The van der Waals surface area contributed by atoms with Gasteiger partial charge in [-0.15, -0.1) is 0 Å². The van der Waals surface area contributed by atoms with Gasteiger partial charge in [0, 0.05) is 6.07 Å². The van der Waals surface area contributed by atoms with Crippen LogP contribution in [0.1, 0.15) is 25.1 Å². The van der Waals surface area contributed by atoms with E-state index in [-0.39, 0.29) is 17.2 Å². The van der Waals surface area contributed by atoms with Crippen LogP contribution in [0.5, 0.6) is 0 Å². The number of para-hydroxylation sites is 2. The van der Waals surface area contributed by atoms with Gasteiger partial charge < -0.3 is 15.4 Å². The van der Waals surface area contributed by atoms with Crippen LogP contribution in [0.15, 0.2) is 30.3 Å². The standard InChI is InChI=1S/C14H15N5O5/c1-3-11(17-9(2)8-13(16-17)19(23)24)14(20)15-10-6-4-5-7-12(10)18(21)22/h4-8,11H,3H2,1-2H3,(H,15,20). The molecule has 0 fully saturated rings. The minimum atomic E-state index is -0.821. The first-order chi connectivity index (χ1) is 11.3. The number of rotatable bonds is 6. The molecule has 0 spiro atoms. The molecule has 0 aliphatic rings. The topological polar surface area (TPSA) is 133 Å². The number of benzene rings is 1. The van der Waals surface area contributed by atoms with E-state index in [1.165, 1.54) is 28.9 Å². The van der Waals surface area contributed by atoms with Gasteiger partial charge in [-0.3, -0.25) is 14.9 Å². The van der Waals surface area contributed by atoms with Crippen LogP contribution in [0, 0.1) is 27.2 Å². The van der Waals surface area contributed by atoms with Crippen molar-refractivity contribution in [2.24, 2.45) is 0 Å². The molecule has 2 rings (SSSR count). The van der Waals surface area contributed by atoms with Gasteiger partial charge in [-0.1, -0.05) is 19.1 Å². The van der Waals surface area contributed by atoms with E-state index in [9.17, 15) is 25.0 Å². The molecule has 0 radical (unpaired) electrons. The molecule has 126 valence electrons. The van der Waals surface area contributed by atoms with Crippen LogP contribution in [0.4, 0.5) is 17.2 Å². The van der Waals surface area contributed by atoms with Crippen LogP contribution in [-0.2, 0) is 4.79 Å². The van der Waals surface area contributed by atoms with Crippen molar-refractivity contribution < 1.29 is 14.6 Å². The van der Waals surface area contributed by atoms with Crippen LogP contribution in [0.25, 0.3) is 0 Å². The summed E-state index contributed by atoms with van der Waals surface area (Å²) in [6.07, 6.45) is 0.312. The van der Waals surface area contributed by atoms with Crippen LogP contribution in [-0.4, -0.2) is 25.5 Å². The van der Waals surface area contributed by atoms with Crippen molar-refractivity contribution in [2.45, 2.75) is 26.3 Å². The lowest BCUT2D eigenvalue weighted by atomic mass is 10.2. The number of carbonyl (C=O) groups excluding carboxylic acids is 1. The van der Waals surface area contributed by atoms with Crippen molar-refractivity contribution in [1.29, 1.82) is 0 Å². The van der Waals surface area contributed by atoms with E-state index in [2.05, 4.69) is 10.4 Å². The fourth-order valence-electron chi connectivity index (χ4n) is 2.30. The Hall–Kier alpha value is -3.30. The molecule has 1 heterocycles. The van der Waals surface area contributed by atoms with E-state index >= 15 is 0 Å². The molecule has 10 heteroatoms. The maximum atomic E-state index is 12.5. The van der Waals surface area contributed by atoms with Crippen molar-refractivity contribution >= 4 is 23.1 Å². The van der Waals surface area contributed by atoms with Crippen molar-refractivity contribution in [3.8, 4) is 0 Å². The fraction of sp³-hybridized carbons (Fsp3) is 0.286. The Balaban J connectivity index is 2.30. The Morgan fingerprint density at radius 1 is 1.29 bits per heavy atom. The molecule has 1 atom stereocenters. The number of hydrogen-bond donors (Lipinski definition) is 1. The molecule has 0 saturated carbocycles. The van der Waals surface area contributed by atoms with E-state index in [4.69, 9.17) is 0 Å². The summed E-state index contributed by atoms with van der Waals surface area (Å²) in [6, 6.07) is 6.20. The summed E-state index contributed by atoms with van der Waals surface area (Å²) < 4.78 is 1.25. The van der Waals surface area contributed by atoms with Crippen LogP contribution < -0.4 is 5.32 Å². The van der Waals surface area contributed by atoms with E-state index in [1.54, 1.807) is 19.9 Å². The summed E-state index contributed by atoms with van der Waals surface area (Å²) in [7, 11) is 0. The van der Waals surface area contributed by atoms with Gasteiger partial charge in [-0.25, -0.2) is 0 Å². The molecule has 0 saturated heterocycles. The Morgan fingerprint density at radius 3 is 2.50 bits per heavy atom. The zero-order valence-corrected chi connectivity index (χ0v) is 13.0. The highest BCUT2D eigenvalue weighted by atomic mass is 16.6. The van der Waals surface area contributed by atoms with Crippen LogP contribution in [0.3, 0.4) is 0 Å². The number of anilines is 1. The van der Waals surface area contributed by atoms with Gasteiger partial charge in [-0.05, 0) is 24.3 Å². The van der Waals surface area contributed by atoms with Gasteiger partial charge in [0.2, 0.25) is 0 Å². The molecule has 24 heavy (non-hydrogen) atoms. The van der Waals surface area contributed by atoms with E-state index in [0.717, 1.165) is 0 Å². The third-order valence-electron chi connectivity index (χ3n) is 3.44. The average Bonchev–Trinajstić information content (AvgIpc) is 2.90. The predicted molar refractivity (Wildman–Crippen MR) is 84.7 cm³/mol. The fourth-order valence-corrected chi connectivity index (χ4v) is 2.30. The second-order valence-corrected chi connectivity index (χ2v) is 5.03. The minimum absolute atomic E-state index is 0.0604. The van der Waals surface area contributed by atoms with Gasteiger partial charge in [0.25, 0.3) is 11.6 Å². The molecule has 1 N–H and O–H groups in total. The highest BCUT2D eigenvalue weighted by Gasteiger charge is 2.28. The summed E-state index contributed by atoms with van der Waals surface area (Å²) >= 11 is 0. The first-order valence-corrected chi connectivity index (χ1v) is 7.10. The summed E-state index contributed by atoms with van der Waals surface area (Å²) in [5, 5.41) is 28.1. The van der Waals surface area contributed by atoms with Crippen molar-refractivity contribution in [3.63, 3.8) is 0 Å². The normalized spacial score (nSPS) is 11.8. The minimum Gasteiger partial charge on any atom is -0.358 e. The maximum absolute atomic E-state index is 12.5. The van der Waals surface area contributed by atoms with E-state index < -0.39 is 21.8 Å². The Kier molecular flexibility index (Phi) is 4.87. The molecule has 1 aromatic carbocycles. The first kappa shape index (κ1) is 17.1. The quantitative estimate of drug-likeness (QED) is 0.638. The average molecular weight is 333 g/mol. The molecular formula is C14H15N5O5. The molecule has 0 aliphatic carbocycles. The number of nitro groups is 2. The summed E-state index contributed by atoms with van der Waals surface area (Å²) in [4.78, 5) is 33.1. The number of hydrogen-bond acceptors (Lipinski definition) is 6. The molecule has 0 bridgehead atoms. The third-order valence-corrected chi connectivity index (χ3v) is 3.44. The van der Waals surface area contributed by atoms with E-state index in [1.807, 2.05) is 0 Å². The van der Waals surface area contributed by atoms with Gasteiger partial charge in [0.1, 0.15) is 5.69 Å². The van der Waals surface area contributed by atoms with Crippen molar-refractivity contribution in [2.75, 3.05) is 5.32 Å². The Morgan fingerprint density at radius 2 is 1.96 bits per heavy atom. The van der Waals surface area contributed by atoms with Gasteiger partial charge in [-0.2, -0.15) is 4.68 Å². The maximum Gasteiger partial charge on any atom is 0.390 e. The highest BCUT2D eigenvalue weighted by molar-refractivity contribution is 5.95. The molecule has 1 unspecified atom stereocenters. The lowest BCUT2D eigenvalue weighted by Crippen LogP contribution is -2.27. The number of aryl methyl sites for hydroxylation is 1. The molecule has 2 aromatic rings. The smallest absolute Gasteiger partial charge is 0.358 e. The second kappa shape index (κ2) is 6.86. The first-order valence-electron chi connectivity index (χ1n) is 7.10. The monoisotopic (exact) mass is 333 g/mol. The van der Waals surface area contributed by atoms with Crippen molar-refractivity contribution in [3.05, 3.63) is 56.3 Å². The molecule has 1 aromatic heterocycles. The largest absolute Gasteiger partial charge is 0.390 e. The van der Waals surface area contributed by atoms with E-state index in [0.29, 0.717) is 12.1 Å². The molecule has 0 aliphatic heterocycles. The zero-order chi connectivity index (χ0) is 17.9. The second-order valence-electron chi connectivity index (χ2n) is 5.03. The van der Waals surface area contributed by atoms with Crippen molar-refractivity contribution in [1.82, 2.24) is 9.78 Å². The van der Waals surface area contributed by atoms with Crippen LogP contribution >= 0.6 is 0 Å². The van der Waals surface area contributed by atoms with Gasteiger partial charge in [0.05, 0.1) is 21.8 Å². The number of carbonyl (C=O) groups is 1. The predicted octanol–water partition coefficient (Wildman–Crippen LogP) is 2.60. The number of aromatic nitrogens is 2. The number of nitro benzene ring substituents is 1. The molecule has 10 nitrogen and oxygen atoms in total. The summed E-state index contributed by atoms with van der Waals surface area (Å²) in [6.45, 7) is 3.32. The number of nitrogens with one attached hydrogen (secondary N) is 1. The molecular weight excluding hydrogens is 318 g/mol. The van der Waals surface area contributed by atoms with Crippen LogP contribution in [0.2, 0.25) is 0 Å². The number of amides is 1. The SMILES string of the molecule is CCC(C(=O)Nc1ccccc1[N+](=O)[O-])n1nc([N+](=O)[O-])cc1C.